The summed E-state index contributed by atoms with van der Waals surface area (Å²) in [5.41, 5.74) is 6.23. The standard InChI is InChI=1S/C11H9ClFN3/c1-6-15-9(5-10(14)16-6)11-7(12)3-2-4-8(11)13/h2-5H,1H3,(H2,14,15,16). The number of hydrogen-bond acceptors (Lipinski definition) is 3. The summed E-state index contributed by atoms with van der Waals surface area (Å²) in [6.07, 6.45) is 0. The second-order valence-corrected chi connectivity index (χ2v) is 3.73. The molecule has 0 aliphatic carbocycles. The largest absolute Gasteiger partial charge is 0.384 e. The number of anilines is 1. The fourth-order valence-corrected chi connectivity index (χ4v) is 1.72. The Morgan fingerprint density at radius 2 is 2.06 bits per heavy atom. The van der Waals surface area contributed by atoms with E-state index in [4.69, 9.17) is 17.3 Å². The summed E-state index contributed by atoms with van der Waals surface area (Å²) in [6, 6.07) is 5.97. The molecule has 2 aromatic rings. The molecule has 2 rings (SSSR count). The van der Waals surface area contributed by atoms with Crippen molar-refractivity contribution < 1.29 is 4.39 Å². The van der Waals surface area contributed by atoms with Gasteiger partial charge in [-0.05, 0) is 19.1 Å². The van der Waals surface area contributed by atoms with Gasteiger partial charge in [-0.2, -0.15) is 0 Å². The van der Waals surface area contributed by atoms with Gasteiger partial charge in [-0.15, -0.1) is 0 Å². The molecular weight excluding hydrogens is 229 g/mol. The van der Waals surface area contributed by atoms with Crippen LogP contribution in [0.2, 0.25) is 5.02 Å². The number of rotatable bonds is 1. The maximum atomic E-state index is 13.6. The minimum atomic E-state index is -0.426. The van der Waals surface area contributed by atoms with Gasteiger partial charge >= 0.3 is 0 Å². The molecule has 0 atom stereocenters. The zero-order valence-corrected chi connectivity index (χ0v) is 9.29. The van der Waals surface area contributed by atoms with E-state index in [0.717, 1.165) is 0 Å². The first-order chi connectivity index (χ1) is 7.58. The van der Waals surface area contributed by atoms with Gasteiger partial charge in [-0.3, -0.25) is 0 Å². The Kier molecular flexibility index (Phi) is 2.75. The topological polar surface area (TPSA) is 51.8 Å². The fraction of sp³-hybridized carbons (Fsp3) is 0.0909. The second kappa shape index (κ2) is 4.06. The van der Waals surface area contributed by atoms with Crippen LogP contribution >= 0.6 is 11.6 Å². The van der Waals surface area contributed by atoms with E-state index in [-0.39, 0.29) is 5.56 Å². The van der Waals surface area contributed by atoms with Gasteiger partial charge in [-0.25, -0.2) is 14.4 Å². The SMILES string of the molecule is Cc1nc(N)cc(-c2c(F)cccc2Cl)n1. The number of nitrogens with two attached hydrogens (primary N) is 1. The fourth-order valence-electron chi connectivity index (χ4n) is 1.46. The third-order valence-corrected chi connectivity index (χ3v) is 2.39. The van der Waals surface area contributed by atoms with Crippen LogP contribution in [-0.2, 0) is 0 Å². The highest BCUT2D eigenvalue weighted by molar-refractivity contribution is 6.33. The Labute approximate surface area is 97.1 Å². The Morgan fingerprint density at radius 1 is 1.31 bits per heavy atom. The van der Waals surface area contributed by atoms with Gasteiger partial charge < -0.3 is 5.73 Å². The van der Waals surface area contributed by atoms with E-state index in [1.165, 1.54) is 12.1 Å². The van der Waals surface area contributed by atoms with Crippen molar-refractivity contribution in [2.75, 3.05) is 5.73 Å². The second-order valence-electron chi connectivity index (χ2n) is 3.32. The molecular formula is C11H9ClFN3. The van der Waals surface area contributed by atoms with Crippen LogP contribution in [0.5, 0.6) is 0 Å². The zero-order chi connectivity index (χ0) is 11.7. The third-order valence-electron chi connectivity index (χ3n) is 2.08. The summed E-state index contributed by atoms with van der Waals surface area (Å²) in [4.78, 5) is 8.03. The molecule has 0 spiro atoms. The molecule has 0 saturated carbocycles. The van der Waals surface area contributed by atoms with Crippen molar-refractivity contribution in [2.24, 2.45) is 0 Å². The summed E-state index contributed by atoms with van der Waals surface area (Å²) in [5.74, 6) is 0.348. The number of benzene rings is 1. The van der Waals surface area contributed by atoms with E-state index >= 15 is 0 Å². The Morgan fingerprint density at radius 3 is 2.69 bits per heavy atom. The molecule has 1 aromatic carbocycles. The highest BCUT2D eigenvalue weighted by atomic mass is 35.5. The van der Waals surface area contributed by atoms with Crippen LogP contribution < -0.4 is 5.73 Å². The molecule has 0 bridgehead atoms. The van der Waals surface area contributed by atoms with Crippen LogP contribution in [0.4, 0.5) is 10.2 Å². The van der Waals surface area contributed by atoms with Gasteiger partial charge in [0.15, 0.2) is 0 Å². The van der Waals surface area contributed by atoms with E-state index in [9.17, 15) is 4.39 Å². The van der Waals surface area contributed by atoms with E-state index in [1.54, 1.807) is 19.1 Å². The van der Waals surface area contributed by atoms with Gasteiger partial charge in [0, 0.05) is 6.07 Å². The lowest BCUT2D eigenvalue weighted by Gasteiger charge is -2.06. The summed E-state index contributed by atoms with van der Waals surface area (Å²) < 4.78 is 13.6. The average Bonchev–Trinajstić information content (AvgIpc) is 2.15. The number of halogens is 2. The smallest absolute Gasteiger partial charge is 0.134 e. The Bertz CT molecular complexity index is 502. The molecule has 0 aliphatic rings. The number of nitrogen functional groups attached to an aromatic ring is 1. The zero-order valence-electron chi connectivity index (χ0n) is 8.54. The van der Waals surface area contributed by atoms with E-state index < -0.39 is 5.82 Å². The van der Waals surface area contributed by atoms with Crippen molar-refractivity contribution in [1.82, 2.24) is 9.97 Å². The normalized spacial score (nSPS) is 10.4. The molecule has 0 radical (unpaired) electrons. The quantitative estimate of drug-likeness (QED) is 0.830. The van der Waals surface area contributed by atoms with Crippen molar-refractivity contribution in [1.29, 1.82) is 0 Å². The van der Waals surface area contributed by atoms with Gasteiger partial charge in [0.1, 0.15) is 17.5 Å². The van der Waals surface area contributed by atoms with Crippen LogP contribution in [0.25, 0.3) is 11.3 Å². The minimum Gasteiger partial charge on any atom is -0.384 e. The number of aryl methyl sites for hydroxylation is 1. The van der Waals surface area contributed by atoms with Crippen LogP contribution in [-0.4, -0.2) is 9.97 Å². The van der Waals surface area contributed by atoms with Crippen molar-refractivity contribution in [3.05, 3.63) is 40.9 Å². The lowest BCUT2D eigenvalue weighted by Crippen LogP contribution is -1.98. The molecule has 0 unspecified atom stereocenters. The lowest BCUT2D eigenvalue weighted by atomic mass is 10.1. The first-order valence-electron chi connectivity index (χ1n) is 4.63. The highest BCUT2D eigenvalue weighted by Crippen LogP contribution is 2.29. The summed E-state index contributed by atoms with van der Waals surface area (Å²) >= 11 is 5.93. The lowest BCUT2D eigenvalue weighted by molar-refractivity contribution is 0.630. The number of aromatic nitrogens is 2. The van der Waals surface area contributed by atoms with Gasteiger partial charge in [0.05, 0.1) is 16.3 Å². The van der Waals surface area contributed by atoms with E-state index in [0.29, 0.717) is 22.4 Å². The molecule has 3 nitrogen and oxygen atoms in total. The number of nitrogens with zero attached hydrogens (tertiary/aromatic N) is 2. The molecule has 1 aromatic heterocycles. The molecule has 0 aliphatic heterocycles. The van der Waals surface area contributed by atoms with Crippen molar-refractivity contribution >= 4 is 17.4 Å². The first kappa shape index (κ1) is 10.8. The van der Waals surface area contributed by atoms with Gasteiger partial charge in [0.2, 0.25) is 0 Å². The van der Waals surface area contributed by atoms with Crippen LogP contribution in [0.15, 0.2) is 24.3 Å². The Balaban J connectivity index is 2.67. The van der Waals surface area contributed by atoms with Crippen LogP contribution in [0.1, 0.15) is 5.82 Å². The van der Waals surface area contributed by atoms with E-state index in [1.807, 2.05) is 0 Å². The molecule has 82 valence electrons. The predicted octanol–water partition coefficient (Wildman–Crippen LogP) is 2.83. The maximum Gasteiger partial charge on any atom is 0.134 e. The highest BCUT2D eigenvalue weighted by Gasteiger charge is 2.11. The third kappa shape index (κ3) is 1.97. The molecule has 0 saturated heterocycles. The monoisotopic (exact) mass is 237 g/mol. The van der Waals surface area contributed by atoms with Crippen LogP contribution in [0, 0.1) is 12.7 Å². The van der Waals surface area contributed by atoms with E-state index in [2.05, 4.69) is 9.97 Å². The maximum absolute atomic E-state index is 13.6. The first-order valence-corrected chi connectivity index (χ1v) is 5.01. The summed E-state index contributed by atoms with van der Waals surface area (Å²) in [7, 11) is 0. The minimum absolute atomic E-state index is 0.251. The molecule has 1 heterocycles. The van der Waals surface area contributed by atoms with Crippen molar-refractivity contribution in [2.45, 2.75) is 6.92 Å². The summed E-state index contributed by atoms with van der Waals surface area (Å²) in [5, 5.41) is 0.303. The van der Waals surface area contributed by atoms with Crippen molar-refractivity contribution in [3.8, 4) is 11.3 Å². The Hall–Kier alpha value is -1.68. The summed E-state index contributed by atoms with van der Waals surface area (Å²) in [6.45, 7) is 1.69. The molecule has 0 amide bonds. The van der Waals surface area contributed by atoms with Gasteiger partial charge in [-0.1, -0.05) is 17.7 Å². The molecule has 16 heavy (non-hydrogen) atoms. The van der Waals surface area contributed by atoms with Crippen LogP contribution in [0.3, 0.4) is 0 Å². The molecule has 5 heteroatoms. The average molecular weight is 238 g/mol. The number of hydrogen-bond donors (Lipinski definition) is 1. The van der Waals surface area contributed by atoms with Crippen molar-refractivity contribution in [3.63, 3.8) is 0 Å². The predicted molar refractivity (Wildman–Crippen MR) is 61.6 cm³/mol. The van der Waals surface area contributed by atoms with Gasteiger partial charge in [0.25, 0.3) is 0 Å². The molecule has 0 fully saturated rings. The molecule has 2 N–H and O–H groups in total.